The lowest BCUT2D eigenvalue weighted by Gasteiger charge is -2.33. The Balaban J connectivity index is 2.11. The molecule has 19 heavy (non-hydrogen) atoms. The third kappa shape index (κ3) is 3.46. The first-order valence-electron chi connectivity index (χ1n) is 6.97. The van der Waals surface area contributed by atoms with E-state index in [1.807, 2.05) is 0 Å². The maximum absolute atomic E-state index is 9.39. The van der Waals surface area contributed by atoms with Gasteiger partial charge in [0.2, 0.25) is 0 Å². The van der Waals surface area contributed by atoms with E-state index in [0.717, 1.165) is 21.6 Å². The van der Waals surface area contributed by atoms with Gasteiger partial charge in [-0.15, -0.1) is 0 Å². The average molecular weight is 284 g/mol. The quantitative estimate of drug-likeness (QED) is 0.903. The molecule has 2 rings (SSSR count). The zero-order valence-electron chi connectivity index (χ0n) is 12.1. The van der Waals surface area contributed by atoms with Crippen molar-refractivity contribution in [3.63, 3.8) is 0 Å². The molecule has 0 saturated heterocycles. The number of rotatable bonds is 5. The summed E-state index contributed by atoms with van der Waals surface area (Å²) in [4.78, 5) is 7.84. The second kappa shape index (κ2) is 6.68. The van der Waals surface area contributed by atoms with Crippen molar-refractivity contribution in [1.29, 1.82) is 0 Å². The minimum absolute atomic E-state index is 0.0469. The Morgan fingerprint density at radius 1 is 1.47 bits per heavy atom. The predicted octanol–water partition coefficient (Wildman–Crippen LogP) is 2.80. The molecule has 1 aromatic heterocycles. The van der Waals surface area contributed by atoms with Gasteiger partial charge in [0.1, 0.15) is 0 Å². The normalized spacial score (nSPS) is 23.6. The van der Waals surface area contributed by atoms with Crippen molar-refractivity contribution < 1.29 is 9.84 Å². The standard InChI is InChI=1S/C14H24N2O2S/c1-10-5-4-6-11(7-10)16(2)14-15-12(9-18-3)13(8-17)19-14/h10-11,17H,4-9H2,1-3H3. The number of aliphatic hydroxyl groups is 1. The largest absolute Gasteiger partial charge is 0.391 e. The van der Waals surface area contributed by atoms with Gasteiger partial charge < -0.3 is 14.7 Å². The third-order valence-corrected chi connectivity index (χ3v) is 5.12. The van der Waals surface area contributed by atoms with Gasteiger partial charge in [0.15, 0.2) is 5.13 Å². The van der Waals surface area contributed by atoms with Gasteiger partial charge in [0, 0.05) is 20.2 Å². The van der Waals surface area contributed by atoms with Crippen molar-refractivity contribution in [2.75, 3.05) is 19.1 Å². The molecule has 0 aromatic carbocycles. The molecule has 0 amide bonds. The van der Waals surface area contributed by atoms with Crippen molar-refractivity contribution in [3.05, 3.63) is 10.6 Å². The van der Waals surface area contributed by atoms with Crippen molar-refractivity contribution >= 4 is 16.5 Å². The van der Waals surface area contributed by atoms with Gasteiger partial charge in [0.05, 0.1) is 23.8 Å². The van der Waals surface area contributed by atoms with Crippen LogP contribution in [0.2, 0.25) is 0 Å². The number of hydrogen-bond acceptors (Lipinski definition) is 5. The highest BCUT2D eigenvalue weighted by molar-refractivity contribution is 7.15. The highest BCUT2D eigenvalue weighted by Gasteiger charge is 2.25. The minimum atomic E-state index is 0.0469. The highest BCUT2D eigenvalue weighted by Crippen LogP contribution is 2.33. The molecule has 1 fully saturated rings. The molecule has 1 heterocycles. The lowest BCUT2D eigenvalue weighted by atomic mass is 9.86. The molecule has 0 bridgehead atoms. The monoisotopic (exact) mass is 284 g/mol. The molecule has 108 valence electrons. The average Bonchev–Trinajstić information content (AvgIpc) is 2.81. The first kappa shape index (κ1) is 14.8. The Hall–Kier alpha value is -0.650. The van der Waals surface area contributed by atoms with Crippen LogP contribution < -0.4 is 4.90 Å². The molecule has 1 aromatic rings. The number of anilines is 1. The van der Waals surface area contributed by atoms with Gasteiger partial charge in [-0.1, -0.05) is 31.1 Å². The van der Waals surface area contributed by atoms with Crippen LogP contribution in [-0.4, -0.2) is 30.3 Å². The van der Waals surface area contributed by atoms with Crippen LogP contribution in [0.25, 0.3) is 0 Å². The van der Waals surface area contributed by atoms with Gasteiger partial charge in [-0.05, 0) is 18.8 Å². The Bertz CT molecular complexity index is 408. The SMILES string of the molecule is COCc1nc(N(C)C2CCCC(C)C2)sc1CO. The summed E-state index contributed by atoms with van der Waals surface area (Å²) in [5.41, 5.74) is 0.876. The lowest BCUT2D eigenvalue weighted by molar-refractivity contribution is 0.179. The molecule has 0 aliphatic heterocycles. The summed E-state index contributed by atoms with van der Waals surface area (Å²) < 4.78 is 5.14. The Morgan fingerprint density at radius 2 is 2.26 bits per heavy atom. The van der Waals surface area contributed by atoms with Gasteiger partial charge >= 0.3 is 0 Å². The number of nitrogens with zero attached hydrogens (tertiary/aromatic N) is 2. The molecule has 1 aliphatic rings. The number of methoxy groups -OCH3 is 1. The smallest absolute Gasteiger partial charge is 0.185 e. The third-order valence-electron chi connectivity index (χ3n) is 3.95. The van der Waals surface area contributed by atoms with Crippen LogP contribution in [0, 0.1) is 5.92 Å². The molecule has 2 atom stereocenters. The summed E-state index contributed by atoms with van der Waals surface area (Å²) in [5.74, 6) is 0.803. The van der Waals surface area contributed by atoms with Gasteiger partial charge in [0.25, 0.3) is 0 Å². The highest BCUT2D eigenvalue weighted by atomic mass is 32.1. The summed E-state index contributed by atoms with van der Waals surface area (Å²) in [5, 5.41) is 10.4. The first-order chi connectivity index (χ1) is 9.15. The van der Waals surface area contributed by atoms with Gasteiger partial charge in [-0.3, -0.25) is 0 Å². The van der Waals surface area contributed by atoms with Crippen molar-refractivity contribution in [1.82, 2.24) is 4.98 Å². The number of aromatic nitrogens is 1. The lowest BCUT2D eigenvalue weighted by Crippen LogP contribution is -2.35. The summed E-state index contributed by atoms with van der Waals surface area (Å²) in [7, 11) is 3.78. The van der Waals surface area contributed by atoms with E-state index in [2.05, 4.69) is 23.9 Å². The first-order valence-corrected chi connectivity index (χ1v) is 7.78. The number of aliphatic hydroxyl groups excluding tert-OH is 1. The molecule has 1 aliphatic carbocycles. The van der Waals surface area contributed by atoms with E-state index >= 15 is 0 Å². The second-order valence-electron chi connectivity index (χ2n) is 5.49. The van der Waals surface area contributed by atoms with Crippen LogP contribution in [0.3, 0.4) is 0 Å². The summed E-state index contributed by atoms with van der Waals surface area (Å²) in [6.45, 7) is 2.85. The van der Waals surface area contributed by atoms with Crippen molar-refractivity contribution in [2.45, 2.75) is 51.9 Å². The molecular formula is C14H24N2O2S. The fraction of sp³-hybridized carbons (Fsp3) is 0.786. The van der Waals surface area contributed by atoms with Crippen molar-refractivity contribution in [3.8, 4) is 0 Å². The Labute approximate surface area is 119 Å². The zero-order valence-corrected chi connectivity index (χ0v) is 12.9. The Kier molecular flexibility index (Phi) is 5.19. The zero-order chi connectivity index (χ0) is 13.8. The molecule has 0 radical (unpaired) electrons. The van der Waals surface area contributed by atoms with E-state index in [1.54, 1.807) is 18.4 Å². The maximum atomic E-state index is 9.39. The van der Waals surface area contributed by atoms with Crippen LogP contribution in [0.5, 0.6) is 0 Å². The molecular weight excluding hydrogens is 260 g/mol. The van der Waals surface area contributed by atoms with E-state index in [9.17, 15) is 5.11 Å². The molecule has 4 nitrogen and oxygen atoms in total. The van der Waals surface area contributed by atoms with E-state index in [4.69, 9.17) is 4.74 Å². The number of thiazole rings is 1. The fourth-order valence-corrected chi connectivity index (χ4v) is 3.76. The van der Waals surface area contributed by atoms with Crippen LogP contribution in [0.15, 0.2) is 0 Å². The fourth-order valence-electron chi connectivity index (χ4n) is 2.80. The van der Waals surface area contributed by atoms with Crippen LogP contribution >= 0.6 is 11.3 Å². The van der Waals surface area contributed by atoms with Crippen LogP contribution in [-0.2, 0) is 18.0 Å². The summed E-state index contributed by atoms with van der Waals surface area (Å²) >= 11 is 1.59. The topological polar surface area (TPSA) is 45.6 Å². The van der Waals surface area contributed by atoms with E-state index in [-0.39, 0.29) is 6.61 Å². The van der Waals surface area contributed by atoms with E-state index in [0.29, 0.717) is 12.6 Å². The molecule has 1 saturated carbocycles. The minimum Gasteiger partial charge on any atom is -0.391 e. The number of ether oxygens (including phenoxy) is 1. The second-order valence-corrected chi connectivity index (χ2v) is 6.56. The van der Waals surface area contributed by atoms with E-state index in [1.165, 1.54) is 25.7 Å². The van der Waals surface area contributed by atoms with Gasteiger partial charge in [-0.2, -0.15) is 0 Å². The molecule has 1 N–H and O–H groups in total. The molecule has 0 spiro atoms. The Morgan fingerprint density at radius 3 is 2.89 bits per heavy atom. The van der Waals surface area contributed by atoms with Crippen LogP contribution in [0.4, 0.5) is 5.13 Å². The maximum Gasteiger partial charge on any atom is 0.185 e. The predicted molar refractivity (Wildman–Crippen MR) is 78.6 cm³/mol. The summed E-state index contributed by atoms with van der Waals surface area (Å²) in [6.07, 6.45) is 5.14. The molecule has 5 heteroatoms. The molecule has 2 unspecified atom stereocenters. The van der Waals surface area contributed by atoms with Crippen LogP contribution in [0.1, 0.15) is 43.2 Å². The van der Waals surface area contributed by atoms with E-state index < -0.39 is 0 Å². The van der Waals surface area contributed by atoms with Gasteiger partial charge in [-0.25, -0.2) is 4.98 Å². The summed E-state index contributed by atoms with van der Waals surface area (Å²) in [6, 6.07) is 0.580. The van der Waals surface area contributed by atoms with Crippen molar-refractivity contribution in [2.24, 2.45) is 5.92 Å². The number of hydrogen-bond donors (Lipinski definition) is 1.